The van der Waals surface area contributed by atoms with Crippen molar-refractivity contribution in [3.05, 3.63) is 29.3 Å². The van der Waals surface area contributed by atoms with Crippen LogP contribution in [0.15, 0.2) is 12.1 Å². The fourth-order valence-electron chi connectivity index (χ4n) is 2.78. The Morgan fingerprint density at radius 1 is 1.29 bits per heavy atom. The summed E-state index contributed by atoms with van der Waals surface area (Å²) in [5.41, 5.74) is -0.0956. The number of likely N-dealkylation sites (tertiary alicyclic amines) is 1. The quantitative estimate of drug-likeness (QED) is 0.923. The van der Waals surface area contributed by atoms with Crippen molar-refractivity contribution in [2.24, 2.45) is 5.92 Å². The number of hydrogen-bond acceptors (Lipinski definition) is 2. The minimum Gasteiger partial charge on any atom is -0.381 e. The summed E-state index contributed by atoms with van der Waals surface area (Å²) >= 11 is 0. The maximum atomic E-state index is 13.9. The summed E-state index contributed by atoms with van der Waals surface area (Å²) in [7, 11) is 0. The van der Waals surface area contributed by atoms with Crippen LogP contribution in [-0.4, -0.2) is 29.9 Å². The standard InChI is InChI=1S/C16H22F2N2O/c1-4-19-15-13(17)7-12(8-14(15)18)16(21)20-9-10(2)5-6-11(20)3/h7-8,10-11,19H,4-6,9H2,1-3H3. The molecule has 1 amide bonds. The van der Waals surface area contributed by atoms with Gasteiger partial charge in [0, 0.05) is 24.7 Å². The zero-order valence-electron chi connectivity index (χ0n) is 12.7. The maximum Gasteiger partial charge on any atom is 0.254 e. The van der Waals surface area contributed by atoms with E-state index in [1.165, 1.54) is 0 Å². The van der Waals surface area contributed by atoms with E-state index in [1.807, 2.05) is 6.92 Å². The third kappa shape index (κ3) is 3.34. The Labute approximate surface area is 124 Å². The lowest BCUT2D eigenvalue weighted by Crippen LogP contribution is -2.45. The van der Waals surface area contributed by atoms with Gasteiger partial charge in [0.1, 0.15) is 17.3 Å². The first-order chi connectivity index (χ1) is 9.93. The Bertz CT molecular complexity index is 510. The van der Waals surface area contributed by atoms with Crippen molar-refractivity contribution in [3.63, 3.8) is 0 Å². The number of piperidine rings is 1. The van der Waals surface area contributed by atoms with Crippen LogP contribution < -0.4 is 5.32 Å². The zero-order valence-corrected chi connectivity index (χ0v) is 12.7. The number of amides is 1. The second-order valence-electron chi connectivity index (χ2n) is 5.83. The van der Waals surface area contributed by atoms with E-state index in [2.05, 4.69) is 12.2 Å². The largest absolute Gasteiger partial charge is 0.381 e. The van der Waals surface area contributed by atoms with E-state index in [9.17, 15) is 13.6 Å². The number of hydrogen-bond donors (Lipinski definition) is 1. The van der Waals surface area contributed by atoms with Gasteiger partial charge >= 0.3 is 0 Å². The molecule has 5 heteroatoms. The van der Waals surface area contributed by atoms with Crippen LogP contribution in [0.5, 0.6) is 0 Å². The summed E-state index contributed by atoms with van der Waals surface area (Å²) in [5, 5.41) is 2.63. The highest BCUT2D eigenvalue weighted by Gasteiger charge is 2.28. The van der Waals surface area contributed by atoms with E-state index in [1.54, 1.807) is 11.8 Å². The van der Waals surface area contributed by atoms with Crippen LogP contribution in [0.1, 0.15) is 44.0 Å². The first kappa shape index (κ1) is 15.7. The molecule has 1 aromatic rings. The summed E-state index contributed by atoms with van der Waals surface area (Å²) in [5.74, 6) is -1.33. The lowest BCUT2D eigenvalue weighted by atomic mass is 9.94. The van der Waals surface area contributed by atoms with Crippen LogP contribution in [0.4, 0.5) is 14.5 Å². The molecule has 3 nitrogen and oxygen atoms in total. The second-order valence-corrected chi connectivity index (χ2v) is 5.83. The molecule has 0 spiro atoms. The first-order valence-electron chi connectivity index (χ1n) is 7.47. The van der Waals surface area contributed by atoms with Crippen molar-refractivity contribution < 1.29 is 13.6 Å². The van der Waals surface area contributed by atoms with Gasteiger partial charge < -0.3 is 10.2 Å². The smallest absolute Gasteiger partial charge is 0.254 e. The topological polar surface area (TPSA) is 32.3 Å². The molecule has 1 N–H and O–H groups in total. The van der Waals surface area contributed by atoms with Crippen molar-refractivity contribution in [1.82, 2.24) is 4.90 Å². The van der Waals surface area contributed by atoms with Gasteiger partial charge in [-0.25, -0.2) is 8.78 Å². The van der Waals surface area contributed by atoms with Crippen molar-refractivity contribution in [2.45, 2.75) is 39.7 Å². The SMILES string of the molecule is CCNc1c(F)cc(C(=O)N2CC(C)CCC2C)cc1F. The molecule has 0 radical (unpaired) electrons. The molecule has 2 unspecified atom stereocenters. The van der Waals surface area contributed by atoms with Crippen molar-refractivity contribution in [2.75, 3.05) is 18.4 Å². The van der Waals surface area contributed by atoms with Gasteiger partial charge in [0.25, 0.3) is 5.91 Å². The minimum atomic E-state index is -0.724. The Morgan fingerprint density at radius 2 is 1.90 bits per heavy atom. The molecule has 1 saturated heterocycles. The number of carbonyl (C=O) groups excluding carboxylic acids is 1. The van der Waals surface area contributed by atoms with E-state index in [4.69, 9.17) is 0 Å². The molecule has 1 aromatic carbocycles. The highest BCUT2D eigenvalue weighted by Crippen LogP contribution is 2.26. The monoisotopic (exact) mass is 296 g/mol. The third-order valence-corrected chi connectivity index (χ3v) is 4.02. The van der Waals surface area contributed by atoms with E-state index in [0.717, 1.165) is 25.0 Å². The fourth-order valence-corrected chi connectivity index (χ4v) is 2.78. The van der Waals surface area contributed by atoms with Crippen LogP contribution in [0.2, 0.25) is 0 Å². The Hall–Kier alpha value is -1.65. The number of nitrogens with one attached hydrogen (secondary N) is 1. The molecule has 1 heterocycles. The van der Waals surface area contributed by atoms with Crippen LogP contribution in [0.25, 0.3) is 0 Å². The molecule has 0 aliphatic carbocycles. The van der Waals surface area contributed by atoms with E-state index >= 15 is 0 Å². The molecule has 116 valence electrons. The second kappa shape index (κ2) is 6.41. The van der Waals surface area contributed by atoms with Gasteiger partial charge in [-0.1, -0.05) is 6.92 Å². The molecular weight excluding hydrogens is 274 g/mol. The predicted octanol–water partition coefficient (Wildman–Crippen LogP) is 3.66. The average molecular weight is 296 g/mol. The van der Waals surface area contributed by atoms with Crippen molar-refractivity contribution in [3.8, 4) is 0 Å². The highest BCUT2D eigenvalue weighted by molar-refractivity contribution is 5.95. The van der Waals surface area contributed by atoms with Crippen molar-refractivity contribution in [1.29, 1.82) is 0 Å². The van der Waals surface area contributed by atoms with Crippen LogP contribution in [-0.2, 0) is 0 Å². The Balaban J connectivity index is 2.27. The molecule has 0 saturated carbocycles. The number of nitrogens with zero attached hydrogens (tertiary/aromatic N) is 1. The summed E-state index contributed by atoms with van der Waals surface area (Å²) in [4.78, 5) is 14.2. The maximum absolute atomic E-state index is 13.9. The minimum absolute atomic E-state index is 0.0765. The van der Waals surface area contributed by atoms with Gasteiger partial charge in [0.2, 0.25) is 0 Å². The summed E-state index contributed by atoms with van der Waals surface area (Å²) < 4.78 is 27.9. The Kier molecular flexibility index (Phi) is 4.80. The number of halogens is 2. The Morgan fingerprint density at radius 3 is 2.48 bits per heavy atom. The molecule has 2 rings (SSSR count). The summed E-state index contributed by atoms with van der Waals surface area (Å²) in [6.07, 6.45) is 2.00. The van der Waals surface area contributed by atoms with Crippen LogP contribution in [0.3, 0.4) is 0 Å². The molecular formula is C16H22F2N2O. The number of benzene rings is 1. The van der Waals surface area contributed by atoms with E-state index in [-0.39, 0.29) is 23.2 Å². The predicted molar refractivity (Wildman–Crippen MR) is 79.4 cm³/mol. The third-order valence-electron chi connectivity index (χ3n) is 4.02. The first-order valence-corrected chi connectivity index (χ1v) is 7.47. The molecule has 21 heavy (non-hydrogen) atoms. The molecule has 1 aliphatic rings. The summed E-state index contributed by atoms with van der Waals surface area (Å²) in [6.45, 7) is 6.87. The van der Waals surface area contributed by atoms with E-state index in [0.29, 0.717) is 19.0 Å². The molecule has 0 aromatic heterocycles. The molecule has 0 bridgehead atoms. The van der Waals surface area contributed by atoms with Gasteiger partial charge in [0.05, 0.1) is 0 Å². The number of rotatable bonds is 3. The normalized spacial score (nSPS) is 22.2. The van der Waals surface area contributed by atoms with Gasteiger partial charge in [-0.15, -0.1) is 0 Å². The van der Waals surface area contributed by atoms with Crippen molar-refractivity contribution >= 4 is 11.6 Å². The fraction of sp³-hybridized carbons (Fsp3) is 0.562. The van der Waals surface area contributed by atoms with E-state index < -0.39 is 11.6 Å². The molecule has 2 atom stereocenters. The zero-order chi connectivity index (χ0) is 15.6. The molecule has 1 fully saturated rings. The van der Waals surface area contributed by atoms with Gasteiger partial charge in [-0.2, -0.15) is 0 Å². The van der Waals surface area contributed by atoms with Gasteiger partial charge in [0.15, 0.2) is 0 Å². The summed E-state index contributed by atoms with van der Waals surface area (Å²) in [6, 6.07) is 2.35. The van der Waals surface area contributed by atoms with Gasteiger partial charge in [-0.05, 0) is 44.7 Å². The van der Waals surface area contributed by atoms with Crippen LogP contribution in [0, 0.1) is 17.6 Å². The van der Waals surface area contributed by atoms with Crippen LogP contribution >= 0.6 is 0 Å². The number of anilines is 1. The average Bonchev–Trinajstić information content (AvgIpc) is 2.44. The molecule has 1 aliphatic heterocycles. The number of carbonyl (C=O) groups is 1. The lowest BCUT2D eigenvalue weighted by molar-refractivity contribution is 0.0573. The highest BCUT2D eigenvalue weighted by atomic mass is 19.1. The lowest BCUT2D eigenvalue weighted by Gasteiger charge is -2.37. The van der Waals surface area contributed by atoms with Gasteiger partial charge in [-0.3, -0.25) is 4.79 Å².